The largest absolute Gasteiger partial charge is 0.465 e. The Labute approximate surface area is 119 Å². The van der Waals surface area contributed by atoms with Gasteiger partial charge in [-0.3, -0.25) is 0 Å². The summed E-state index contributed by atoms with van der Waals surface area (Å²) in [6.07, 6.45) is 0. The predicted molar refractivity (Wildman–Crippen MR) is 78.1 cm³/mol. The van der Waals surface area contributed by atoms with Crippen LogP contribution in [0.2, 0.25) is 0 Å². The molecule has 0 aliphatic heterocycles. The van der Waals surface area contributed by atoms with E-state index in [1.165, 1.54) is 18.4 Å². The van der Waals surface area contributed by atoms with Crippen LogP contribution < -0.4 is 5.32 Å². The molecule has 20 heavy (non-hydrogen) atoms. The summed E-state index contributed by atoms with van der Waals surface area (Å²) in [5.74, 6) is 1.71. The lowest BCUT2D eigenvalue weighted by molar-refractivity contribution is 0.490. The Morgan fingerprint density at radius 2 is 1.75 bits per heavy atom. The van der Waals surface area contributed by atoms with Gasteiger partial charge < -0.3 is 9.73 Å². The van der Waals surface area contributed by atoms with Gasteiger partial charge in [-0.15, -0.1) is 0 Å². The van der Waals surface area contributed by atoms with Crippen LogP contribution in [-0.4, -0.2) is 26.8 Å². The zero-order valence-corrected chi connectivity index (χ0v) is 12.6. The van der Waals surface area contributed by atoms with E-state index in [9.17, 15) is 8.42 Å². The number of furan rings is 1. The number of hydrogen-bond acceptors (Lipinski definition) is 4. The van der Waals surface area contributed by atoms with Crippen LogP contribution in [0.25, 0.3) is 0 Å². The van der Waals surface area contributed by atoms with Crippen molar-refractivity contribution in [1.82, 2.24) is 4.31 Å². The molecule has 0 atom stereocenters. The third-order valence-corrected chi connectivity index (χ3v) is 4.72. The lowest BCUT2D eigenvalue weighted by Crippen LogP contribution is -2.22. The molecule has 1 N–H and O–H groups in total. The minimum Gasteiger partial charge on any atom is -0.465 e. The first-order valence-corrected chi connectivity index (χ1v) is 7.65. The van der Waals surface area contributed by atoms with Crippen molar-refractivity contribution < 1.29 is 12.8 Å². The van der Waals surface area contributed by atoms with Crippen molar-refractivity contribution >= 4 is 15.7 Å². The first kappa shape index (κ1) is 14.6. The smallest absolute Gasteiger partial charge is 0.242 e. The molecule has 2 aromatic rings. The summed E-state index contributed by atoms with van der Waals surface area (Å²) in [6, 6.07) is 10.5. The lowest BCUT2D eigenvalue weighted by Gasteiger charge is -2.12. The van der Waals surface area contributed by atoms with Gasteiger partial charge in [-0.25, -0.2) is 12.7 Å². The molecule has 0 saturated heterocycles. The maximum absolute atomic E-state index is 11.9. The molecule has 0 spiro atoms. The van der Waals surface area contributed by atoms with Crippen LogP contribution in [0.1, 0.15) is 11.5 Å². The number of nitrogens with one attached hydrogen (secondary N) is 1. The minimum absolute atomic E-state index is 0.280. The molecule has 0 saturated carbocycles. The monoisotopic (exact) mass is 294 g/mol. The van der Waals surface area contributed by atoms with E-state index in [1.54, 1.807) is 24.3 Å². The number of sulfonamides is 1. The molecule has 0 unspecified atom stereocenters. The summed E-state index contributed by atoms with van der Waals surface area (Å²) in [6.45, 7) is 2.46. The second kappa shape index (κ2) is 5.68. The number of nitrogens with zero attached hydrogens (tertiary/aromatic N) is 1. The lowest BCUT2D eigenvalue weighted by atomic mass is 10.3. The molecule has 5 nitrogen and oxygen atoms in total. The molecule has 1 aromatic carbocycles. The van der Waals surface area contributed by atoms with Gasteiger partial charge in [0.15, 0.2) is 0 Å². The van der Waals surface area contributed by atoms with Crippen LogP contribution in [0.4, 0.5) is 5.69 Å². The molecule has 108 valence electrons. The first-order chi connectivity index (χ1) is 9.39. The SMILES string of the molecule is Cc1ccc(CNc2ccc(S(=O)(=O)N(C)C)cc2)o1. The van der Waals surface area contributed by atoms with Crippen molar-refractivity contribution in [2.24, 2.45) is 0 Å². The summed E-state index contributed by atoms with van der Waals surface area (Å²) in [4.78, 5) is 0.280. The number of benzene rings is 1. The molecule has 1 heterocycles. The van der Waals surface area contributed by atoms with Crippen molar-refractivity contribution in [1.29, 1.82) is 0 Å². The van der Waals surface area contributed by atoms with Gasteiger partial charge >= 0.3 is 0 Å². The van der Waals surface area contributed by atoms with Crippen LogP contribution in [0.3, 0.4) is 0 Å². The minimum atomic E-state index is -3.37. The van der Waals surface area contributed by atoms with E-state index in [4.69, 9.17) is 4.42 Å². The highest BCUT2D eigenvalue weighted by atomic mass is 32.2. The average Bonchev–Trinajstić information content (AvgIpc) is 2.82. The third-order valence-electron chi connectivity index (χ3n) is 2.90. The fourth-order valence-electron chi connectivity index (χ4n) is 1.72. The van der Waals surface area contributed by atoms with Gasteiger partial charge in [0.1, 0.15) is 11.5 Å². The second-order valence-corrected chi connectivity index (χ2v) is 6.83. The van der Waals surface area contributed by atoms with Gasteiger partial charge in [-0.1, -0.05) is 0 Å². The Morgan fingerprint density at radius 3 is 2.25 bits per heavy atom. The zero-order valence-electron chi connectivity index (χ0n) is 11.8. The predicted octanol–water partition coefficient (Wildman–Crippen LogP) is 2.45. The fourth-order valence-corrected chi connectivity index (χ4v) is 2.63. The number of hydrogen-bond donors (Lipinski definition) is 1. The molecule has 0 aliphatic carbocycles. The van der Waals surface area contributed by atoms with E-state index in [0.717, 1.165) is 17.2 Å². The number of rotatable bonds is 5. The molecule has 0 fully saturated rings. The van der Waals surface area contributed by atoms with Crippen LogP contribution in [0.15, 0.2) is 45.7 Å². The average molecular weight is 294 g/mol. The summed E-state index contributed by atoms with van der Waals surface area (Å²) >= 11 is 0. The molecule has 0 aliphatic rings. The number of aryl methyl sites for hydroxylation is 1. The molecular weight excluding hydrogens is 276 g/mol. The molecule has 1 aromatic heterocycles. The van der Waals surface area contributed by atoms with Crippen LogP contribution in [-0.2, 0) is 16.6 Å². The highest BCUT2D eigenvalue weighted by Gasteiger charge is 2.16. The summed E-state index contributed by atoms with van der Waals surface area (Å²) in [5, 5.41) is 3.18. The molecular formula is C14H18N2O3S. The normalized spacial score (nSPS) is 11.8. The summed E-state index contributed by atoms with van der Waals surface area (Å²) in [7, 11) is -0.341. The topological polar surface area (TPSA) is 62.6 Å². The Balaban J connectivity index is 2.05. The number of anilines is 1. The van der Waals surface area contributed by atoms with Crippen LogP contribution in [0, 0.1) is 6.92 Å². The standard InChI is InChI=1S/C14H18N2O3S/c1-11-4-7-13(19-11)10-15-12-5-8-14(9-6-12)20(17,18)16(2)3/h4-9,15H,10H2,1-3H3. The first-order valence-electron chi connectivity index (χ1n) is 6.21. The van der Waals surface area contributed by atoms with Crippen LogP contribution >= 0.6 is 0 Å². The quantitative estimate of drug-likeness (QED) is 0.920. The van der Waals surface area contributed by atoms with Gasteiger partial charge in [-0.05, 0) is 43.3 Å². The van der Waals surface area contributed by atoms with Crippen molar-refractivity contribution in [3.05, 3.63) is 47.9 Å². The van der Waals surface area contributed by atoms with E-state index in [-0.39, 0.29) is 4.90 Å². The Bertz CT molecular complexity index is 673. The van der Waals surface area contributed by atoms with Gasteiger partial charge in [0.2, 0.25) is 10.0 Å². The molecule has 0 radical (unpaired) electrons. The van der Waals surface area contributed by atoms with Gasteiger partial charge in [0, 0.05) is 19.8 Å². The van der Waals surface area contributed by atoms with E-state index in [2.05, 4.69) is 5.32 Å². The molecule has 6 heteroatoms. The summed E-state index contributed by atoms with van der Waals surface area (Å²) < 4.78 is 30.5. The maximum Gasteiger partial charge on any atom is 0.242 e. The zero-order chi connectivity index (χ0) is 14.8. The highest BCUT2D eigenvalue weighted by Crippen LogP contribution is 2.17. The van der Waals surface area contributed by atoms with Crippen molar-refractivity contribution in [3.8, 4) is 0 Å². The summed E-state index contributed by atoms with van der Waals surface area (Å²) in [5.41, 5.74) is 0.844. The molecule has 2 rings (SSSR count). The van der Waals surface area contributed by atoms with Crippen molar-refractivity contribution in [2.45, 2.75) is 18.4 Å². The fraction of sp³-hybridized carbons (Fsp3) is 0.286. The van der Waals surface area contributed by atoms with E-state index in [1.807, 2.05) is 19.1 Å². The maximum atomic E-state index is 11.9. The third kappa shape index (κ3) is 3.20. The van der Waals surface area contributed by atoms with E-state index >= 15 is 0 Å². The Hall–Kier alpha value is -1.79. The van der Waals surface area contributed by atoms with Crippen molar-refractivity contribution in [2.75, 3.05) is 19.4 Å². The Kier molecular flexibility index (Phi) is 4.15. The van der Waals surface area contributed by atoms with E-state index in [0.29, 0.717) is 6.54 Å². The van der Waals surface area contributed by atoms with Gasteiger partial charge in [-0.2, -0.15) is 0 Å². The second-order valence-electron chi connectivity index (χ2n) is 4.68. The van der Waals surface area contributed by atoms with Gasteiger partial charge in [0.05, 0.1) is 11.4 Å². The van der Waals surface area contributed by atoms with Crippen LogP contribution in [0.5, 0.6) is 0 Å². The highest BCUT2D eigenvalue weighted by molar-refractivity contribution is 7.89. The molecule has 0 amide bonds. The Morgan fingerprint density at radius 1 is 1.10 bits per heavy atom. The van der Waals surface area contributed by atoms with Crippen molar-refractivity contribution in [3.63, 3.8) is 0 Å². The van der Waals surface area contributed by atoms with Gasteiger partial charge in [0.25, 0.3) is 0 Å². The molecule has 0 bridgehead atoms. The van der Waals surface area contributed by atoms with E-state index < -0.39 is 10.0 Å².